The average Bonchev–Trinajstić information content (AvgIpc) is 2.78. The fourth-order valence-corrected chi connectivity index (χ4v) is 2.26. The van der Waals surface area contributed by atoms with Crippen molar-refractivity contribution in [2.24, 2.45) is 5.92 Å². The van der Waals surface area contributed by atoms with E-state index < -0.39 is 0 Å². The second kappa shape index (κ2) is 5.15. The average molecular weight is 234 g/mol. The van der Waals surface area contributed by atoms with E-state index in [9.17, 15) is 4.39 Å². The van der Waals surface area contributed by atoms with E-state index in [1.54, 1.807) is 19.2 Å². The molecule has 2 rings (SSSR count). The summed E-state index contributed by atoms with van der Waals surface area (Å²) in [5.41, 5.74) is 0.946. The number of hydrogen-bond acceptors (Lipinski definition) is 3. The Labute approximate surface area is 100 Å². The number of anilines is 1. The molecule has 0 amide bonds. The highest BCUT2D eigenvalue weighted by Gasteiger charge is 2.24. The highest BCUT2D eigenvalue weighted by molar-refractivity contribution is 5.51. The largest absolute Gasteiger partial charge is 0.384 e. The van der Waals surface area contributed by atoms with Gasteiger partial charge in [-0.05, 0) is 24.6 Å². The van der Waals surface area contributed by atoms with Crippen LogP contribution in [0, 0.1) is 23.1 Å². The third kappa shape index (κ3) is 2.56. The van der Waals surface area contributed by atoms with E-state index >= 15 is 0 Å². The molecule has 1 aliphatic rings. The van der Waals surface area contributed by atoms with Gasteiger partial charge in [0, 0.05) is 26.1 Å². The first kappa shape index (κ1) is 11.9. The summed E-state index contributed by atoms with van der Waals surface area (Å²) in [5, 5.41) is 8.68. The maximum Gasteiger partial charge on any atom is 0.147 e. The van der Waals surface area contributed by atoms with Crippen molar-refractivity contribution >= 4 is 5.69 Å². The number of ether oxygens (including phenoxy) is 1. The predicted octanol–water partition coefficient (Wildman–Crippen LogP) is 2.17. The van der Waals surface area contributed by atoms with Gasteiger partial charge in [-0.3, -0.25) is 0 Å². The van der Waals surface area contributed by atoms with E-state index in [4.69, 9.17) is 10.00 Å². The molecule has 0 aromatic heterocycles. The van der Waals surface area contributed by atoms with Crippen LogP contribution in [-0.2, 0) is 4.74 Å². The highest BCUT2D eigenvalue weighted by Crippen LogP contribution is 2.26. The van der Waals surface area contributed by atoms with Gasteiger partial charge in [-0.15, -0.1) is 0 Å². The number of rotatable bonds is 3. The maximum absolute atomic E-state index is 13.8. The standard InChI is InChI=1S/C13H15FN2O/c1-17-9-11-4-5-16(8-11)13-3-2-10(7-15)6-12(13)14/h2-3,6,11H,4-5,8-9H2,1H3. The summed E-state index contributed by atoms with van der Waals surface area (Å²) >= 11 is 0. The SMILES string of the molecule is COCC1CCN(c2ccc(C#N)cc2F)C1. The zero-order chi connectivity index (χ0) is 12.3. The number of halogens is 1. The molecular weight excluding hydrogens is 219 g/mol. The van der Waals surface area contributed by atoms with Gasteiger partial charge < -0.3 is 9.64 Å². The molecule has 0 saturated carbocycles. The van der Waals surface area contributed by atoms with E-state index in [1.165, 1.54) is 6.07 Å². The van der Waals surface area contributed by atoms with E-state index in [0.29, 0.717) is 23.8 Å². The van der Waals surface area contributed by atoms with Gasteiger partial charge in [-0.25, -0.2) is 4.39 Å². The van der Waals surface area contributed by atoms with E-state index in [2.05, 4.69) is 0 Å². The minimum atomic E-state index is -0.317. The monoisotopic (exact) mass is 234 g/mol. The molecule has 1 aromatic rings. The van der Waals surface area contributed by atoms with Crippen molar-refractivity contribution in [3.63, 3.8) is 0 Å². The fraction of sp³-hybridized carbons (Fsp3) is 0.462. The first-order valence-corrected chi connectivity index (χ1v) is 5.68. The minimum Gasteiger partial charge on any atom is -0.384 e. The first-order valence-electron chi connectivity index (χ1n) is 5.68. The van der Waals surface area contributed by atoms with Crippen LogP contribution in [0.25, 0.3) is 0 Å². The Balaban J connectivity index is 2.11. The van der Waals surface area contributed by atoms with Crippen molar-refractivity contribution in [3.05, 3.63) is 29.6 Å². The van der Waals surface area contributed by atoms with Crippen molar-refractivity contribution in [3.8, 4) is 6.07 Å². The summed E-state index contributed by atoms with van der Waals surface area (Å²) in [6.45, 7) is 2.38. The third-order valence-electron chi connectivity index (χ3n) is 3.11. The Morgan fingerprint density at radius 1 is 1.59 bits per heavy atom. The smallest absolute Gasteiger partial charge is 0.147 e. The van der Waals surface area contributed by atoms with Gasteiger partial charge in [0.25, 0.3) is 0 Å². The Morgan fingerprint density at radius 2 is 2.41 bits per heavy atom. The Morgan fingerprint density at radius 3 is 3.06 bits per heavy atom. The van der Waals surface area contributed by atoms with Crippen LogP contribution in [0.2, 0.25) is 0 Å². The third-order valence-corrected chi connectivity index (χ3v) is 3.11. The number of benzene rings is 1. The second-order valence-electron chi connectivity index (χ2n) is 4.33. The van der Waals surface area contributed by atoms with Crippen LogP contribution >= 0.6 is 0 Å². The molecule has 4 heteroatoms. The lowest BCUT2D eigenvalue weighted by atomic mass is 10.1. The summed E-state index contributed by atoms with van der Waals surface area (Å²) in [7, 11) is 1.69. The van der Waals surface area contributed by atoms with Gasteiger partial charge in [-0.2, -0.15) is 5.26 Å². The quantitative estimate of drug-likeness (QED) is 0.804. The Bertz CT molecular complexity index is 442. The van der Waals surface area contributed by atoms with E-state index in [0.717, 1.165) is 19.5 Å². The van der Waals surface area contributed by atoms with Crippen LogP contribution in [0.3, 0.4) is 0 Å². The van der Waals surface area contributed by atoms with Crippen molar-refractivity contribution in [1.29, 1.82) is 5.26 Å². The number of nitrogens with zero attached hydrogens (tertiary/aromatic N) is 2. The topological polar surface area (TPSA) is 36.3 Å². The molecule has 3 nitrogen and oxygen atoms in total. The first-order chi connectivity index (χ1) is 8.24. The molecule has 1 heterocycles. The number of methoxy groups -OCH3 is 1. The van der Waals surface area contributed by atoms with Crippen molar-refractivity contribution in [2.45, 2.75) is 6.42 Å². The molecule has 1 aliphatic heterocycles. The van der Waals surface area contributed by atoms with Crippen molar-refractivity contribution in [2.75, 3.05) is 31.7 Å². The van der Waals surface area contributed by atoms with Crippen LogP contribution in [0.4, 0.5) is 10.1 Å². The van der Waals surface area contributed by atoms with Gasteiger partial charge >= 0.3 is 0 Å². The second-order valence-corrected chi connectivity index (χ2v) is 4.33. The van der Waals surface area contributed by atoms with Crippen LogP contribution < -0.4 is 4.90 Å². The zero-order valence-corrected chi connectivity index (χ0v) is 9.82. The number of hydrogen-bond donors (Lipinski definition) is 0. The lowest BCUT2D eigenvalue weighted by Gasteiger charge is -2.19. The summed E-state index contributed by atoms with van der Waals surface area (Å²) in [6, 6.07) is 6.57. The van der Waals surface area contributed by atoms with Gasteiger partial charge in [0.15, 0.2) is 0 Å². The van der Waals surface area contributed by atoms with Crippen LogP contribution in [0.5, 0.6) is 0 Å². The molecule has 1 atom stereocenters. The summed E-state index contributed by atoms with van der Waals surface area (Å²) in [5.74, 6) is 0.150. The molecule has 1 aromatic carbocycles. The lowest BCUT2D eigenvalue weighted by molar-refractivity contribution is 0.161. The van der Waals surface area contributed by atoms with Gasteiger partial charge in [0.2, 0.25) is 0 Å². The van der Waals surface area contributed by atoms with Gasteiger partial charge in [0.05, 0.1) is 23.9 Å². The molecular formula is C13H15FN2O. The Kier molecular flexibility index (Phi) is 3.60. The maximum atomic E-state index is 13.8. The molecule has 0 N–H and O–H groups in total. The summed E-state index contributed by atoms with van der Waals surface area (Å²) in [4.78, 5) is 2.01. The van der Waals surface area contributed by atoms with Gasteiger partial charge in [0.1, 0.15) is 5.82 Å². The molecule has 0 radical (unpaired) electrons. The number of nitriles is 1. The molecule has 1 fully saturated rings. The molecule has 0 spiro atoms. The lowest BCUT2D eigenvalue weighted by Crippen LogP contribution is -2.22. The molecule has 17 heavy (non-hydrogen) atoms. The summed E-state index contributed by atoms with van der Waals surface area (Å²) in [6.07, 6.45) is 1.02. The highest BCUT2D eigenvalue weighted by atomic mass is 19.1. The zero-order valence-electron chi connectivity index (χ0n) is 9.82. The van der Waals surface area contributed by atoms with Gasteiger partial charge in [-0.1, -0.05) is 0 Å². The van der Waals surface area contributed by atoms with E-state index in [-0.39, 0.29) is 5.82 Å². The molecule has 1 saturated heterocycles. The summed E-state index contributed by atoms with van der Waals surface area (Å²) < 4.78 is 18.9. The van der Waals surface area contributed by atoms with Crippen LogP contribution in [0.1, 0.15) is 12.0 Å². The molecule has 0 aliphatic carbocycles. The molecule has 0 bridgehead atoms. The fourth-order valence-electron chi connectivity index (χ4n) is 2.26. The van der Waals surface area contributed by atoms with E-state index in [1.807, 2.05) is 11.0 Å². The minimum absolute atomic E-state index is 0.317. The predicted molar refractivity (Wildman–Crippen MR) is 63.3 cm³/mol. The molecule has 90 valence electrons. The Hall–Kier alpha value is -1.60. The van der Waals surface area contributed by atoms with Crippen molar-refractivity contribution < 1.29 is 9.13 Å². The normalized spacial score (nSPS) is 19.4. The molecule has 1 unspecified atom stereocenters. The van der Waals surface area contributed by atoms with Crippen molar-refractivity contribution in [1.82, 2.24) is 0 Å². The van der Waals surface area contributed by atoms with Crippen LogP contribution in [0.15, 0.2) is 18.2 Å². The van der Waals surface area contributed by atoms with Crippen LogP contribution in [-0.4, -0.2) is 26.8 Å².